The number of ether oxygens (including phenoxy) is 4. The van der Waals surface area contributed by atoms with E-state index in [9.17, 15) is 9.90 Å². The fourth-order valence-electron chi connectivity index (χ4n) is 3.44. The fraction of sp³-hybridized carbons (Fsp3) is 0.545. The van der Waals surface area contributed by atoms with Crippen LogP contribution in [-0.4, -0.2) is 43.9 Å². The summed E-state index contributed by atoms with van der Waals surface area (Å²) < 4.78 is 23.8. The van der Waals surface area contributed by atoms with Crippen LogP contribution in [0.2, 0.25) is 0 Å². The van der Waals surface area contributed by atoms with Gasteiger partial charge in [-0.1, -0.05) is 72.1 Å². The Labute approximate surface area is 236 Å². The maximum absolute atomic E-state index is 13.2. The standard InChI is InChI=1S/C33H50O6/c1-7-11-21-36-29(19-20-34)25-32(38-23-13-9-3)27(6)30(35)17-15-28-16-18-31(37-22-12-8-2)33(26(28)5)39-24-14-10-4/h15-19,25,34H,6-14,20-24H2,1-5H3/b17-15+,29-19+,32-25+. The number of hydrogen-bond acceptors (Lipinski definition) is 6. The third kappa shape index (κ3) is 13.1. The van der Waals surface area contributed by atoms with Crippen molar-refractivity contribution in [3.05, 3.63) is 65.2 Å². The summed E-state index contributed by atoms with van der Waals surface area (Å²) in [6.07, 6.45) is 14.2. The second kappa shape index (κ2) is 20.9. The third-order valence-corrected chi connectivity index (χ3v) is 6.01. The highest BCUT2D eigenvalue weighted by Gasteiger charge is 2.15. The van der Waals surface area contributed by atoms with E-state index in [0.717, 1.165) is 74.0 Å². The molecule has 1 N–H and O–H groups in total. The van der Waals surface area contributed by atoms with Crippen LogP contribution in [0.3, 0.4) is 0 Å². The van der Waals surface area contributed by atoms with Gasteiger partial charge in [-0.2, -0.15) is 0 Å². The highest BCUT2D eigenvalue weighted by Crippen LogP contribution is 2.34. The quantitative estimate of drug-likeness (QED) is 0.0695. The summed E-state index contributed by atoms with van der Waals surface area (Å²) in [6.45, 7) is 16.4. The molecule has 6 heteroatoms. The zero-order valence-electron chi connectivity index (χ0n) is 24.9. The van der Waals surface area contributed by atoms with Crippen LogP contribution in [-0.2, 0) is 14.3 Å². The van der Waals surface area contributed by atoms with Crippen molar-refractivity contribution in [2.24, 2.45) is 0 Å². The number of benzene rings is 1. The molecule has 0 radical (unpaired) electrons. The number of hydrogen-bond donors (Lipinski definition) is 1. The second-order valence-corrected chi connectivity index (χ2v) is 9.39. The summed E-state index contributed by atoms with van der Waals surface area (Å²) in [5.41, 5.74) is 2.01. The summed E-state index contributed by atoms with van der Waals surface area (Å²) in [6, 6.07) is 3.84. The minimum Gasteiger partial charge on any atom is -0.494 e. The van der Waals surface area contributed by atoms with Gasteiger partial charge in [0.15, 0.2) is 17.3 Å². The fourth-order valence-corrected chi connectivity index (χ4v) is 3.44. The van der Waals surface area contributed by atoms with E-state index in [-0.39, 0.29) is 18.0 Å². The van der Waals surface area contributed by atoms with E-state index in [2.05, 4.69) is 34.3 Å². The van der Waals surface area contributed by atoms with Crippen LogP contribution in [0.5, 0.6) is 11.5 Å². The predicted molar refractivity (Wildman–Crippen MR) is 160 cm³/mol. The Morgan fingerprint density at radius 2 is 1.46 bits per heavy atom. The number of allylic oxidation sites excluding steroid dienone is 3. The van der Waals surface area contributed by atoms with Crippen LogP contribution >= 0.6 is 0 Å². The molecule has 0 aromatic heterocycles. The number of aliphatic hydroxyl groups is 1. The lowest BCUT2D eigenvalue weighted by Crippen LogP contribution is -2.07. The highest BCUT2D eigenvalue weighted by molar-refractivity contribution is 6.08. The Morgan fingerprint density at radius 1 is 0.872 bits per heavy atom. The monoisotopic (exact) mass is 542 g/mol. The van der Waals surface area contributed by atoms with E-state index in [1.165, 1.54) is 6.08 Å². The molecule has 0 amide bonds. The molecule has 0 saturated heterocycles. The van der Waals surface area contributed by atoms with E-state index in [1.54, 1.807) is 18.2 Å². The topological polar surface area (TPSA) is 74.2 Å². The van der Waals surface area contributed by atoms with Gasteiger partial charge in [-0.15, -0.1) is 0 Å². The minimum atomic E-state index is -0.272. The first-order valence-electron chi connectivity index (χ1n) is 14.5. The summed E-state index contributed by atoms with van der Waals surface area (Å²) in [4.78, 5) is 13.2. The smallest absolute Gasteiger partial charge is 0.188 e. The lowest BCUT2D eigenvalue weighted by atomic mass is 10.0. The molecule has 0 heterocycles. The molecule has 0 aliphatic heterocycles. The van der Waals surface area contributed by atoms with Crippen LogP contribution in [0.25, 0.3) is 6.08 Å². The largest absolute Gasteiger partial charge is 0.494 e. The Hall–Kier alpha value is -2.99. The number of carbonyl (C=O) groups is 1. The van der Waals surface area contributed by atoms with Crippen molar-refractivity contribution >= 4 is 11.9 Å². The molecule has 1 rings (SSSR count). The first-order valence-corrected chi connectivity index (χ1v) is 14.5. The first-order chi connectivity index (χ1) is 18.9. The zero-order chi connectivity index (χ0) is 28.9. The molecule has 0 aliphatic carbocycles. The zero-order valence-corrected chi connectivity index (χ0v) is 24.9. The molecule has 0 fully saturated rings. The molecule has 0 unspecified atom stereocenters. The van der Waals surface area contributed by atoms with Gasteiger partial charge in [-0.05, 0) is 56.4 Å². The van der Waals surface area contributed by atoms with Gasteiger partial charge >= 0.3 is 0 Å². The Kier molecular flexibility index (Phi) is 18.2. The lowest BCUT2D eigenvalue weighted by molar-refractivity contribution is -0.111. The predicted octanol–water partition coefficient (Wildman–Crippen LogP) is 7.88. The van der Waals surface area contributed by atoms with Crippen molar-refractivity contribution in [2.45, 2.75) is 86.0 Å². The molecular formula is C33H50O6. The molecule has 0 saturated carbocycles. The van der Waals surface area contributed by atoms with E-state index in [1.807, 2.05) is 19.1 Å². The van der Waals surface area contributed by atoms with Crippen molar-refractivity contribution in [1.29, 1.82) is 0 Å². The average molecular weight is 543 g/mol. The van der Waals surface area contributed by atoms with Crippen molar-refractivity contribution in [3.63, 3.8) is 0 Å². The van der Waals surface area contributed by atoms with E-state index >= 15 is 0 Å². The number of aliphatic hydroxyl groups excluding tert-OH is 1. The van der Waals surface area contributed by atoms with Crippen LogP contribution in [0, 0.1) is 6.92 Å². The van der Waals surface area contributed by atoms with E-state index < -0.39 is 0 Å². The van der Waals surface area contributed by atoms with E-state index in [0.29, 0.717) is 37.9 Å². The molecule has 1 aromatic carbocycles. The van der Waals surface area contributed by atoms with Gasteiger partial charge in [-0.3, -0.25) is 4.79 Å². The Bertz CT molecular complexity index is 957. The van der Waals surface area contributed by atoms with Crippen molar-refractivity contribution in [1.82, 2.24) is 0 Å². The number of unbranched alkanes of at least 4 members (excludes halogenated alkanes) is 4. The van der Waals surface area contributed by atoms with Crippen molar-refractivity contribution in [2.75, 3.05) is 33.0 Å². The molecule has 0 bridgehead atoms. The number of carbonyl (C=O) groups excluding carboxylic acids is 1. The second-order valence-electron chi connectivity index (χ2n) is 9.39. The molecule has 39 heavy (non-hydrogen) atoms. The van der Waals surface area contributed by atoms with Gasteiger partial charge in [0.05, 0.1) is 38.6 Å². The molecule has 0 spiro atoms. The molecule has 0 aliphatic rings. The van der Waals surface area contributed by atoms with Gasteiger partial charge in [0.1, 0.15) is 11.5 Å². The minimum absolute atomic E-state index is 0.180. The lowest BCUT2D eigenvalue weighted by Gasteiger charge is -2.16. The van der Waals surface area contributed by atoms with Crippen LogP contribution in [0.4, 0.5) is 0 Å². The maximum Gasteiger partial charge on any atom is 0.188 e. The van der Waals surface area contributed by atoms with Gasteiger partial charge in [0.2, 0.25) is 0 Å². The van der Waals surface area contributed by atoms with Gasteiger partial charge in [-0.25, -0.2) is 0 Å². The Balaban J connectivity index is 3.19. The van der Waals surface area contributed by atoms with Crippen LogP contribution < -0.4 is 9.47 Å². The molecule has 218 valence electrons. The normalized spacial score (nSPS) is 12.1. The van der Waals surface area contributed by atoms with E-state index in [4.69, 9.17) is 18.9 Å². The van der Waals surface area contributed by atoms with Crippen molar-refractivity contribution < 1.29 is 28.8 Å². The molecular weight excluding hydrogens is 492 g/mol. The van der Waals surface area contributed by atoms with Gasteiger partial charge < -0.3 is 24.1 Å². The molecule has 0 atom stereocenters. The number of rotatable bonds is 22. The van der Waals surface area contributed by atoms with Crippen LogP contribution in [0.15, 0.2) is 54.0 Å². The van der Waals surface area contributed by atoms with Crippen LogP contribution in [0.1, 0.15) is 90.2 Å². The molecule has 1 aromatic rings. The third-order valence-electron chi connectivity index (χ3n) is 6.01. The maximum atomic E-state index is 13.2. The first kappa shape index (κ1) is 34.0. The van der Waals surface area contributed by atoms with Crippen molar-refractivity contribution in [3.8, 4) is 11.5 Å². The van der Waals surface area contributed by atoms with Gasteiger partial charge in [0, 0.05) is 11.6 Å². The number of ketones is 1. The summed E-state index contributed by atoms with van der Waals surface area (Å²) in [7, 11) is 0. The summed E-state index contributed by atoms with van der Waals surface area (Å²) in [5.74, 6) is 1.98. The highest BCUT2D eigenvalue weighted by atomic mass is 16.5. The van der Waals surface area contributed by atoms with Gasteiger partial charge in [0.25, 0.3) is 0 Å². The summed E-state index contributed by atoms with van der Waals surface area (Å²) >= 11 is 0. The average Bonchev–Trinajstić information content (AvgIpc) is 2.93. The Morgan fingerprint density at radius 3 is 2.08 bits per heavy atom. The summed E-state index contributed by atoms with van der Waals surface area (Å²) in [5, 5.41) is 9.43. The molecule has 6 nitrogen and oxygen atoms in total. The SMILES string of the molecule is C=C(C(=O)/C=C/c1ccc(OCCCC)c(OCCCC)c1C)/C(=C\C(=C/CO)OCCCC)OCCCC.